The summed E-state index contributed by atoms with van der Waals surface area (Å²) in [6.45, 7) is 5.91. The number of nitrogens with zero attached hydrogens (tertiary/aromatic N) is 2. The molecule has 0 spiro atoms. The first-order chi connectivity index (χ1) is 7.17. The van der Waals surface area contributed by atoms with Crippen LogP contribution in [0, 0.1) is 0 Å². The summed E-state index contributed by atoms with van der Waals surface area (Å²) in [5.74, 6) is 0. The van der Waals surface area contributed by atoms with Crippen LogP contribution in [0.5, 0.6) is 0 Å². The molecule has 0 aromatic rings. The smallest absolute Gasteiger partial charge is 0.0235 e. The minimum atomic E-state index is 0.689. The summed E-state index contributed by atoms with van der Waals surface area (Å²) in [4.78, 5) is 4.96. The lowest BCUT2D eigenvalue weighted by Crippen LogP contribution is -2.51. The maximum absolute atomic E-state index is 3.44. The molecular formula is C12H27N3. The van der Waals surface area contributed by atoms with E-state index in [2.05, 4.69) is 43.2 Å². The molecule has 1 fully saturated rings. The second kappa shape index (κ2) is 6.46. The molecule has 1 heterocycles. The van der Waals surface area contributed by atoms with Crippen molar-refractivity contribution in [2.24, 2.45) is 0 Å². The Hall–Kier alpha value is -0.120. The average Bonchev–Trinajstić information content (AvgIpc) is 2.22. The van der Waals surface area contributed by atoms with Crippen LogP contribution in [0.4, 0.5) is 0 Å². The Labute approximate surface area is 94.8 Å². The predicted molar refractivity (Wildman–Crippen MR) is 66.3 cm³/mol. The number of hydrogen-bond acceptors (Lipinski definition) is 3. The lowest BCUT2D eigenvalue weighted by molar-refractivity contribution is 0.101. The fourth-order valence-corrected chi connectivity index (χ4v) is 2.41. The predicted octanol–water partition coefficient (Wildman–Crippen LogP) is 1.01. The SMILES string of the molecule is CCCC(CC1CN(C)CCN1C)NC. The molecule has 1 rings (SSSR count). The summed E-state index contributed by atoms with van der Waals surface area (Å²) < 4.78 is 0. The van der Waals surface area contributed by atoms with Crippen LogP contribution >= 0.6 is 0 Å². The topological polar surface area (TPSA) is 18.5 Å². The molecule has 15 heavy (non-hydrogen) atoms. The van der Waals surface area contributed by atoms with Gasteiger partial charge in [0.25, 0.3) is 0 Å². The van der Waals surface area contributed by atoms with E-state index in [1.54, 1.807) is 0 Å². The van der Waals surface area contributed by atoms with Gasteiger partial charge in [-0.3, -0.25) is 0 Å². The minimum absolute atomic E-state index is 0.689. The summed E-state index contributed by atoms with van der Waals surface area (Å²) in [6.07, 6.45) is 3.85. The van der Waals surface area contributed by atoms with Gasteiger partial charge in [0.2, 0.25) is 0 Å². The molecule has 90 valence electrons. The third kappa shape index (κ3) is 4.09. The Bertz CT molecular complexity index is 172. The molecule has 0 aliphatic carbocycles. The second-order valence-corrected chi connectivity index (χ2v) is 4.91. The number of likely N-dealkylation sites (N-methyl/N-ethyl adjacent to an activating group) is 2. The fraction of sp³-hybridized carbons (Fsp3) is 1.00. The average molecular weight is 213 g/mol. The standard InChI is InChI=1S/C12H27N3/c1-5-6-11(13-2)9-12-10-14(3)7-8-15(12)4/h11-13H,5-10H2,1-4H3. The third-order valence-corrected chi connectivity index (χ3v) is 3.58. The molecule has 0 amide bonds. The van der Waals surface area contributed by atoms with Crippen molar-refractivity contribution in [3.05, 3.63) is 0 Å². The third-order valence-electron chi connectivity index (χ3n) is 3.58. The van der Waals surface area contributed by atoms with Crippen molar-refractivity contribution in [1.29, 1.82) is 0 Å². The second-order valence-electron chi connectivity index (χ2n) is 4.91. The Kier molecular flexibility index (Phi) is 5.58. The van der Waals surface area contributed by atoms with E-state index in [9.17, 15) is 0 Å². The molecule has 0 bridgehead atoms. The quantitative estimate of drug-likeness (QED) is 0.735. The molecular weight excluding hydrogens is 186 g/mol. The highest BCUT2D eigenvalue weighted by molar-refractivity contribution is 4.82. The van der Waals surface area contributed by atoms with Crippen LogP contribution < -0.4 is 5.32 Å². The van der Waals surface area contributed by atoms with Crippen LogP contribution in [0.3, 0.4) is 0 Å². The lowest BCUT2D eigenvalue weighted by Gasteiger charge is -2.39. The summed E-state index contributed by atoms with van der Waals surface area (Å²) >= 11 is 0. The summed E-state index contributed by atoms with van der Waals surface area (Å²) in [5, 5.41) is 3.44. The van der Waals surface area contributed by atoms with E-state index in [4.69, 9.17) is 0 Å². The van der Waals surface area contributed by atoms with E-state index in [1.165, 1.54) is 38.9 Å². The van der Waals surface area contributed by atoms with Gasteiger partial charge < -0.3 is 15.1 Å². The van der Waals surface area contributed by atoms with E-state index >= 15 is 0 Å². The summed E-state index contributed by atoms with van der Waals surface area (Å²) in [5.41, 5.74) is 0. The van der Waals surface area contributed by atoms with Gasteiger partial charge in [0.15, 0.2) is 0 Å². The molecule has 0 aromatic carbocycles. The fourth-order valence-electron chi connectivity index (χ4n) is 2.41. The normalized spacial score (nSPS) is 26.8. The number of hydrogen-bond donors (Lipinski definition) is 1. The van der Waals surface area contributed by atoms with Crippen LogP contribution in [0.1, 0.15) is 26.2 Å². The highest BCUT2D eigenvalue weighted by Gasteiger charge is 2.24. The van der Waals surface area contributed by atoms with Crippen molar-refractivity contribution in [2.75, 3.05) is 40.8 Å². The largest absolute Gasteiger partial charge is 0.317 e. The van der Waals surface area contributed by atoms with E-state index in [0.29, 0.717) is 6.04 Å². The van der Waals surface area contributed by atoms with Crippen LogP contribution in [0.15, 0.2) is 0 Å². The zero-order valence-electron chi connectivity index (χ0n) is 10.8. The van der Waals surface area contributed by atoms with E-state index in [-0.39, 0.29) is 0 Å². The maximum Gasteiger partial charge on any atom is 0.0235 e. The Balaban J connectivity index is 2.39. The summed E-state index contributed by atoms with van der Waals surface area (Å²) in [6, 6.07) is 1.42. The van der Waals surface area contributed by atoms with Crippen LogP contribution in [-0.2, 0) is 0 Å². The van der Waals surface area contributed by atoms with Gasteiger partial charge in [0, 0.05) is 31.7 Å². The minimum Gasteiger partial charge on any atom is -0.317 e. The van der Waals surface area contributed by atoms with E-state index in [1.807, 2.05) is 0 Å². The van der Waals surface area contributed by atoms with Crippen molar-refractivity contribution < 1.29 is 0 Å². The molecule has 3 nitrogen and oxygen atoms in total. The highest BCUT2D eigenvalue weighted by atomic mass is 15.3. The molecule has 0 aromatic heterocycles. The van der Waals surface area contributed by atoms with Crippen LogP contribution in [0.25, 0.3) is 0 Å². The first-order valence-electron chi connectivity index (χ1n) is 6.23. The van der Waals surface area contributed by atoms with Crippen molar-refractivity contribution in [1.82, 2.24) is 15.1 Å². The highest BCUT2D eigenvalue weighted by Crippen LogP contribution is 2.13. The Morgan fingerprint density at radius 2 is 2.07 bits per heavy atom. The monoisotopic (exact) mass is 213 g/mol. The number of rotatable bonds is 5. The van der Waals surface area contributed by atoms with Crippen molar-refractivity contribution in [3.8, 4) is 0 Å². The Morgan fingerprint density at radius 3 is 2.67 bits per heavy atom. The van der Waals surface area contributed by atoms with Crippen LogP contribution in [-0.4, -0.2) is 62.7 Å². The van der Waals surface area contributed by atoms with Gasteiger partial charge in [-0.1, -0.05) is 13.3 Å². The molecule has 1 saturated heterocycles. The van der Waals surface area contributed by atoms with E-state index < -0.39 is 0 Å². The van der Waals surface area contributed by atoms with Crippen molar-refractivity contribution in [2.45, 2.75) is 38.3 Å². The van der Waals surface area contributed by atoms with Gasteiger partial charge in [-0.15, -0.1) is 0 Å². The molecule has 0 saturated carbocycles. The lowest BCUT2D eigenvalue weighted by atomic mass is 10.0. The van der Waals surface area contributed by atoms with Gasteiger partial charge in [-0.05, 0) is 34.0 Å². The Morgan fingerprint density at radius 1 is 1.33 bits per heavy atom. The molecule has 1 N–H and O–H groups in total. The molecule has 1 aliphatic heterocycles. The maximum atomic E-state index is 3.44. The molecule has 2 atom stereocenters. The first-order valence-corrected chi connectivity index (χ1v) is 6.23. The van der Waals surface area contributed by atoms with Crippen molar-refractivity contribution in [3.63, 3.8) is 0 Å². The van der Waals surface area contributed by atoms with E-state index in [0.717, 1.165) is 6.04 Å². The van der Waals surface area contributed by atoms with Gasteiger partial charge in [0.05, 0.1) is 0 Å². The van der Waals surface area contributed by atoms with Gasteiger partial charge in [0.1, 0.15) is 0 Å². The molecule has 1 aliphatic rings. The van der Waals surface area contributed by atoms with Crippen molar-refractivity contribution >= 4 is 0 Å². The number of nitrogens with one attached hydrogen (secondary N) is 1. The molecule has 3 heteroatoms. The zero-order valence-corrected chi connectivity index (χ0v) is 10.8. The zero-order chi connectivity index (χ0) is 11.3. The van der Waals surface area contributed by atoms with Gasteiger partial charge >= 0.3 is 0 Å². The molecule has 0 radical (unpaired) electrons. The molecule has 2 unspecified atom stereocenters. The van der Waals surface area contributed by atoms with Gasteiger partial charge in [-0.2, -0.15) is 0 Å². The van der Waals surface area contributed by atoms with Crippen LogP contribution in [0.2, 0.25) is 0 Å². The van der Waals surface area contributed by atoms with Gasteiger partial charge in [-0.25, -0.2) is 0 Å². The summed E-state index contributed by atoms with van der Waals surface area (Å²) in [7, 11) is 6.58. The number of piperazine rings is 1. The first kappa shape index (κ1) is 12.9.